The van der Waals surface area contributed by atoms with Crippen molar-refractivity contribution in [1.29, 1.82) is 0 Å². The Morgan fingerprint density at radius 3 is 2.52 bits per heavy atom. The van der Waals surface area contributed by atoms with Crippen molar-refractivity contribution in [2.75, 3.05) is 31.9 Å². The van der Waals surface area contributed by atoms with E-state index in [1.807, 2.05) is 24.3 Å². The van der Waals surface area contributed by atoms with E-state index >= 15 is 0 Å². The second-order valence-corrected chi connectivity index (χ2v) is 7.43. The summed E-state index contributed by atoms with van der Waals surface area (Å²) in [6.07, 6.45) is 1.96. The van der Waals surface area contributed by atoms with Gasteiger partial charge < -0.3 is 23.9 Å². The Kier molecular flexibility index (Phi) is 8.17. The van der Waals surface area contributed by atoms with E-state index in [0.717, 1.165) is 35.9 Å². The fourth-order valence-electron chi connectivity index (χ4n) is 2.62. The molecule has 0 aliphatic carbocycles. The molecule has 0 spiro atoms. The summed E-state index contributed by atoms with van der Waals surface area (Å²) in [6, 6.07) is 12.6. The van der Waals surface area contributed by atoms with E-state index in [0.29, 0.717) is 34.9 Å². The van der Waals surface area contributed by atoms with Crippen LogP contribution in [0, 0.1) is 0 Å². The molecule has 2 aromatic carbocycles. The van der Waals surface area contributed by atoms with Gasteiger partial charge in [-0.05, 0) is 42.8 Å². The summed E-state index contributed by atoms with van der Waals surface area (Å²) in [5.41, 5.74) is 1.33. The molecule has 0 aliphatic heterocycles. The number of carbonyl (C=O) groups excluding carboxylic acids is 1. The van der Waals surface area contributed by atoms with Crippen LogP contribution in [0.4, 0.5) is 5.69 Å². The number of hydrogen-bond donors (Lipinski definition) is 1. The van der Waals surface area contributed by atoms with Gasteiger partial charge in [0, 0.05) is 11.6 Å². The normalized spacial score (nSPS) is 10.5. The highest BCUT2D eigenvalue weighted by molar-refractivity contribution is 7.99. The molecule has 9 heteroatoms. The Morgan fingerprint density at radius 2 is 1.81 bits per heavy atom. The Balaban J connectivity index is 1.59. The summed E-state index contributed by atoms with van der Waals surface area (Å²) in [5.74, 6) is 2.24. The number of nitrogens with one attached hydrogen (secondary N) is 1. The van der Waals surface area contributed by atoms with Gasteiger partial charge in [0.1, 0.15) is 17.2 Å². The molecule has 1 heterocycles. The Labute approximate surface area is 185 Å². The molecule has 3 aromatic rings. The van der Waals surface area contributed by atoms with Crippen LogP contribution in [0.15, 0.2) is 52.1 Å². The van der Waals surface area contributed by atoms with Gasteiger partial charge in [0.2, 0.25) is 11.8 Å². The maximum Gasteiger partial charge on any atom is 0.277 e. The first-order valence-electron chi connectivity index (χ1n) is 9.84. The molecule has 31 heavy (non-hydrogen) atoms. The van der Waals surface area contributed by atoms with Gasteiger partial charge in [-0.3, -0.25) is 4.79 Å². The van der Waals surface area contributed by atoms with E-state index in [1.165, 1.54) is 0 Å². The molecule has 0 unspecified atom stereocenters. The van der Waals surface area contributed by atoms with Crippen LogP contribution in [0.5, 0.6) is 17.2 Å². The lowest BCUT2D eigenvalue weighted by atomic mass is 10.2. The molecule has 0 radical (unpaired) electrons. The quantitative estimate of drug-likeness (QED) is 0.338. The third-order valence-corrected chi connectivity index (χ3v) is 5.10. The zero-order valence-corrected chi connectivity index (χ0v) is 18.5. The predicted molar refractivity (Wildman–Crippen MR) is 119 cm³/mol. The number of thioether (sulfide) groups is 1. The summed E-state index contributed by atoms with van der Waals surface area (Å²) in [6.45, 7) is 2.67. The number of nitrogens with zero attached hydrogens (tertiary/aromatic N) is 2. The number of methoxy groups -OCH3 is 2. The third kappa shape index (κ3) is 6.39. The summed E-state index contributed by atoms with van der Waals surface area (Å²) in [5, 5.41) is 11.2. The number of hydrogen-bond acceptors (Lipinski definition) is 8. The fraction of sp³-hybridized carbons (Fsp3) is 0.318. The molecular formula is C22H25N3O5S. The molecule has 0 fully saturated rings. The Morgan fingerprint density at radius 1 is 1.06 bits per heavy atom. The van der Waals surface area contributed by atoms with Crippen LogP contribution in [0.1, 0.15) is 19.8 Å². The summed E-state index contributed by atoms with van der Waals surface area (Å²) in [4.78, 5) is 12.5. The SMILES string of the molecule is CCCCOc1ccc(OC)cc1NC(=O)CSc1nnc(-c2ccc(OC)cc2)o1. The zero-order valence-electron chi connectivity index (χ0n) is 17.7. The highest BCUT2D eigenvalue weighted by Crippen LogP contribution is 2.30. The number of amides is 1. The molecule has 164 valence electrons. The zero-order chi connectivity index (χ0) is 22.1. The van der Waals surface area contributed by atoms with Crippen LogP contribution in [-0.2, 0) is 4.79 Å². The van der Waals surface area contributed by atoms with Gasteiger partial charge in [0.25, 0.3) is 5.22 Å². The molecule has 0 saturated heterocycles. The highest BCUT2D eigenvalue weighted by Gasteiger charge is 2.14. The topological polar surface area (TPSA) is 95.7 Å². The summed E-state index contributed by atoms with van der Waals surface area (Å²) < 4.78 is 21.8. The minimum atomic E-state index is -0.220. The van der Waals surface area contributed by atoms with E-state index in [9.17, 15) is 4.79 Å². The number of benzene rings is 2. The first-order chi connectivity index (χ1) is 15.1. The lowest BCUT2D eigenvalue weighted by molar-refractivity contribution is -0.113. The lowest BCUT2D eigenvalue weighted by Crippen LogP contribution is -2.15. The summed E-state index contributed by atoms with van der Waals surface area (Å²) in [7, 11) is 3.18. The van der Waals surface area contributed by atoms with Crippen LogP contribution in [-0.4, -0.2) is 42.7 Å². The van der Waals surface area contributed by atoms with Crippen molar-refractivity contribution in [2.24, 2.45) is 0 Å². The van der Waals surface area contributed by atoms with Gasteiger partial charge in [-0.1, -0.05) is 25.1 Å². The maximum absolute atomic E-state index is 12.5. The smallest absolute Gasteiger partial charge is 0.277 e. The number of carbonyl (C=O) groups is 1. The molecule has 0 atom stereocenters. The van der Waals surface area contributed by atoms with Crippen LogP contribution < -0.4 is 19.5 Å². The van der Waals surface area contributed by atoms with Crippen LogP contribution in [0.25, 0.3) is 11.5 Å². The molecule has 1 N–H and O–H groups in total. The Bertz CT molecular complexity index is 991. The van der Waals surface area contributed by atoms with Crippen molar-refractivity contribution in [2.45, 2.75) is 25.0 Å². The number of aromatic nitrogens is 2. The van der Waals surface area contributed by atoms with E-state index < -0.39 is 0 Å². The minimum absolute atomic E-state index is 0.107. The van der Waals surface area contributed by atoms with E-state index in [4.69, 9.17) is 18.6 Å². The van der Waals surface area contributed by atoms with Crippen LogP contribution >= 0.6 is 11.8 Å². The van der Waals surface area contributed by atoms with E-state index in [2.05, 4.69) is 22.4 Å². The molecule has 1 amide bonds. The van der Waals surface area contributed by atoms with E-state index in [1.54, 1.807) is 32.4 Å². The lowest BCUT2D eigenvalue weighted by Gasteiger charge is -2.13. The highest BCUT2D eigenvalue weighted by atomic mass is 32.2. The largest absolute Gasteiger partial charge is 0.497 e. The van der Waals surface area contributed by atoms with Crippen molar-refractivity contribution in [3.63, 3.8) is 0 Å². The molecular weight excluding hydrogens is 418 g/mol. The molecule has 0 aliphatic rings. The van der Waals surface area contributed by atoms with Gasteiger partial charge >= 0.3 is 0 Å². The average Bonchev–Trinajstić information content (AvgIpc) is 3.28. The van der Waals surface area contributed by atoms with Gasteiger partial charge in [-0.15, -0.1) is 10.2 Å². The molecule has 1 aromatic heterocycles. The van der Waals surface area contributed by atoms with Crippen molar-refractivity contribution in [1.82, 2.24) is 10.2 Å². The van der Waals surface area contributed by atoms with Gasteiger partial charge in [-0.25, -0.2) is 0 Å². The molecule has 0 saturated carbocycles. The molecule has 8 nitrogen and oxygen atoms in total. The van der Waals surface area contributed by atoms with E-state index in [-0.39, 0.29) is 11.7 Å². The molecule has 3 rings (SSSR count). The van der Waals surface area contributed by atoms with Gasteiger partial charge in [-0.2, -0.15) is 0 Å². The summed E-state index contributed by atoms with van der Waals surface area (Å²) >= 11 is 1.16. The van der Waals surface area contributed by atoms with Crippen molar-refractivity contribution >= 4 is 23.4 Å². The van der Waals surface area contributed by atoms with Crippen molar-refractivity contribution in [3.8, 4) is 28.7 Å². The standard InChI is InChI=1S/C22H25N3O5S/c1-4-5-12-29-19-11-10-17(28-3)13-18(19)23-20(26)14-31-22-25-24-21(30-22)15-6-8-16(27-2)9-7-15/h6-11,13H,4-5,12,14H2,1-3H3,(H,23,26). The Hall–Kier alpha value is -3.20. The monoisotopic (exact) mass is 443 g/mol. The number of ether oxygens (including phenoxy) is 3. The third-order valence-electron chi connectivity index (χ3n) is 4.29. The van der Waals surface area contributed by atoms with Crippen molar-refractivity contribution in [3.05, 3.63) is 42.5 Å². The second kappa shape index (κ2) is 11.3. The van der Waals surface area contributed by atoms with Crippen LogP contribution in [0.3, 0.4) is 0 Å². The average molecular weight is 444 g/mol. The van der Waals surface area contributed by atoms with Crippen molar-refractivity contribution < 1.29 is 23.4 Å². The predicted octanol–water partition coefficient (Wildman–Crippen LogP) is 4.66. The molecule has 0 bridgehead atoms. The minimum Gasteiger partial charge on any atom is -0.497 e. The number of unbranched alkanes of at least 4 members (excludes halogenated alkanes) is 1. The number of anilines is 1. The second-order valence-electron chi connectivity index (χ2n) is 6.50. The first kappa shape index (κ1) is 22.5. The fourth-order valence-corrected chi connectivity index (χ4v) is 3.18. The first-order valence-corrected chi connectivity index (χ1v) is 10.8. The van der Waals surface area contributed by atoms with Crippen LogP contribution in [0.2, 0.25) is 0 Å². The number of rotatable bonds is 11. The van der Waals surface area contributed by atoms with Gasteiger partial charge in [0.05, 0.1) is 32.3 Å². The maximum atomic E-state index is 12.5. The van der Waals surface area contributed by atoms with Gasteiger partial charge in [0.15, 0.2) is 0 Å².